The highest BCUT2D eigenvalue weighted by atomic mass is 32.2. The van der Waals surface area contributed by atoms with E-state index < -0.39 is 10.0 Å². The molecule has 1 saturated heterocycles. The van der Waals surface area contributed by atoms with Crippen molar-refractivity contribution in [2.24, 2.45) is 4.99 Å². The number of methoxy groups -OCH3 is 1. The average Bonchev–Trinajstić information content (AvgIpc) is 3.01. The summed E-state index contributed by atoms with van der Waals surface area (Å²) in [6, 6.07) is 22.6. The lowest BCUT2D eigenvalue weighted by molar-refractivity contribution is 0.266. The fourth-order valence-electron chi connectivity index (χ4n) is 4.12. The Kier molecular flexibility index (Phi) is 5.78. The Morgan fingerprint density at radius 1 is 0.909 bits per heavy atom. The quantitative estimate of drug-likeness (QED) is 0.584. The van der Waals surface area contributed by atoms with E-state index in [1.165, 1.54) is 0 Å². The van der Waals surface area contributed by atoms with Gasteiger partial charge in [0.25, 0.3) is 0 Å². The van der Waals surface area contributed by atoms with E-state index in [2.05, 4.69) is 4.90 Å². The van der Waals surface area contributed by atoms with Crippen LogP contribution in [0.15, 0.2) is 77.8 Å². The number of aliphatic imine (C=N–C) groups is 1. The summed E-state index contributed by atoms with van der Waals surface area (Å²) in [5, 5.41) is 0. The Balaban J connectivity index is 1.41. The third-order valence-electron chi connectivity index (χ3n) is 5.86. The van der Waals surface area contributed by atoms with E-state index in [9.17, 15) is 8.42 Å². The van der Waals surface area contributed by atoms with E-state index in [0.717, 1.165) is 22.6 Å². The van der Waals surface area contributed by atoms with E-state index in [1.54, 1.807) is 11.4 Å². The van der Waals surface area contributed by atoms with Gasteiger partial charge in [0.15, 0.2) is 5.75 Å². The number of rotatable bonds is 4. The number of amidine groups is 1. The van der Waals surface area contributed by atoms with Gasteiger partial charge in [0, 0.05) is 26.2 Å². The second kappa shape index (κ2) is 8.88. The van der Waals surface area contributed by atoms with Crippen LogP contribution in [0.4, 0.5) is 5.69 Å². The topological polar surface area (TPSA) is 71.4 Å². The van der Waals surface area contributed by atoms with Crippen LogP contribution in [0.5, 0.6) is 17.2 Å². The normalized spacial score (nSPS) is 16.2. The number of ether oxygens (including phenoxy) is 2. The molecule has 0 aromatic heterocycles. The first-order valence-electron chi connectivity index (χ1n) is 10.8. The Morgan fingerprint density at radius 2 is 1.64 bits per heavy atom. The standard InChI is InChI=1S/C25H25N3O4S/c1-31-20-11-12-23-21(17-20)25(26-22-9-5-6-10-24(22)32-23)27-13-15-28(16-14-27)33(29,30)18-19-7-3-2-4-8-19/h2-12,17H,13-16,18H2,1H3. The van der Waals surface area contributed by atoms with Crippen molar-refractivity contribution in [1.82, 2.24) is 9.21 Å². The smallest absolute Gasteiger partial charge is 0.218 e. The number of hydrogen-bond donors (Lipinski definition) is 0. The van der Waals surface area contributed by atoms with Crippen molar-refractivity contribution in [1.29, 1.82) is 0 Å². The molecule has 170 valence electrons. The van der Waals surface area contributed by atoms with E-state index >= 15 is 0 Å². The predicted octanol–water partition coefficient (Wildman–Crippen LogP) is 4.03. The highest BCUT2D eigenvalue weighted by Crippen LogP contribution is 2.39. The molecule has 2 heterocycles. The minimum absolute atomic E-state index is 0.00995. The second-order valence-corrected chi connectivity index (χ2v) is 9.96. The van der Waals surface area contributed by atoms with Crippen molar-refractivity contribution in [3.63, 3.8) is 0 Å². The largest absolute Gasteiger partial charge is 0.497 e. The zero-order chi connectivity index (χ0) is 22.8. The van der Waals surface area contributed by atoms with Crippen LogP contribution in [0, 0.1) is 0 Å². The summed E-state index contributed by atoms with van der Waals surface area (Å²) in [4.78, 5) is 7.05. The SMILES string of the molecule is COc1ccc2c(c1)C(N1CCN(S(=O)(=O)Cc3ccccc3)CC1)=Nc1ccccc1O2. The van der Waals surface area contributed by atoms with Crippen LogP contribution in [0.3, 0.4) is 0 Å². The zero-order valence-corrected chi connectivity index (χ0v) is 19.2. The lowest BCUT2D eigenvalue weighted by Crippen LogP contribution is -2.51. The molecule has 0 saturated carbocycles. The predicted molar refractivity (Wildman–Crippen MR) is 128 cm³/mol. The van der Waals surface area contributed by atoms with Gasteiger partial charge < -0.3 is 14.4 Å². The Morgan fingerprint density at radius 3 is 2.39 bits per heavy atom. The summed E-state index contributed by atoms with van der Waals surface area (Å²) in [6.07, 6.45) is 0. The molecule has 0 bridgehead atoms. The minimum atomic E-state index is -3.40. The lowest BCUT2D eigenvalue weighted by Gasteiger charge is -2.36. The first-order valence-corrected chi connectivity index (χ1v) is 12.4. The lowest BCUT2D eigenvalue weighted by atomic mass is 10.1. The first-order chi connectivity index (χ1) is 16.0. The van der Waals surface area contributed by atoms with E-state index in [1.807, 2.05) is 72.8 Å². The maximum absolute atomic E-state index is 13.0. The van der Waals surface area contributed by atoms with Crippen LogP contribution in [0.25, 0.3) is 0 Å². The molecule has 2 aliphatic heterocycles. The average molecular weight is 464 g/mol. The fourth-order valence-corrected chi connectivity index (χ4v) is 5.64. The van der Waals surface area contributed by atoms with Gasteiger partial charge in [-0.3, -0.25) is 0 Å². The first kappa shape index (κ1) is 21.5. The van der Waals surface area contributed by atoms with Crippen LogP contribution in [0.1, 0.15) is 11.1 Å². The maximum atomic E-state index is 13.0. The molecule has 0 spiro atoms. The number of para-hydroxylation sites is 2. The Labute approximate surface area is 193 Å². The Hall–Kier alpha value is -3.36. The van der Waals surface area contributed by atoms with Gasteiger partial charge in [-0.05, 0) is 35.9 Å². The van der Waals surface area contributed by atoms with Crippen molar-refractivity contribution in [2.45, 2.75) is 5.75 Å². The van der Waals surface area contributed by atoms with Crippen molar-refractivity contribution >= 4 is 21.5 Å². The molecule has 0 atom stereocenters. The molecule has 0 unspecified atom stereocenters. The van der Waals surface area contributed by atoms with Crippen LogP contribution in [-0.4, -0.2) is 56.7 Å². The molecule has 0 N–H and O–H groups in total. The third-order valence-corrected chi connectivity index (χ3v) is 7.71. The summed E-state index contributed by atoms with van der Waals surface area (Å²) in [5.41, 5.74) is 2.36. The van der Waals surface area contributed by atoms with Gasteiger partial charge in [0.2, 0.25) is 10.0 Å². The number of sulfonamides is 1. The van der Waals surface area contributed by atoms with Crippen molar-refractivity contribution < 1.29 is 17.9 Å². The van der Waals surface area contributed by atoms with Gasteiger partial charge in [0.05, 0.1) is 18.4 Å². The summed E-state index contributed by atoms with van der Waals surface area (Å²) in [5.74, 6) is 2.85. The van der Waals surface area contributed by atoms with E-state index in [-0.39, 0.29) is 5.75 Å². The molecule has 8 heteroatoms. The molecule has 5 rings (SSSR count). The molecule has 0 radical (unpaired) electrons. The number of hydrogen-bond acceptors (Lipinski definition) is 6. The second-order valence-electron chi connectivity index (χ2n) is 8.00. The van der Waals surface area contributed by atoms with Gasteiger partial charge in [-0.25, -0.2) is 13.4 Å². The summed E-state index contributed by atoms with van der Waals surface area (Å²) < 4.78 is 39.1. The van der Waals surface area contributed by atoms with Crippen LogP contribution < -0.4 is 9.47 Å². The number of fused-ring (bicyclic) bond motifs is 2. The molecule has 0 aliphatic carbocycles. The Bertz CT molecular complexity index is 1280. The molecule has 0 amide bonds. The van der Waals surface area contributed by atoms with Crippen molar-refractivity contribution in [2.75, 3.05) is 33.3 Å². The van der Waals surface area contributed by atoms with E-state index in [4.69, 9.17) is 14.5 Å². The van der Waals surface area contributed by atoms with Crippen LogP contribution in [0.2, 0.25) is 0 Å². The number of piperazine rings is 1. The van der Waals surface area contributed by atoms with Crippen LogP contribution >= 0.6 is 0 Å². The molecule has 33 heavy (non-hydrogen) atoms. The van der Waals surface area contributed by atoms with Crippen LogP contribution in [-0.2, 0) is 15.8 Å². The van der Waals surface area contributed by atoms with Gasteiger partial charge >= 0.3 is 0 Å². The molecule has 3 aromatic rings. The summed E-state index contributed by atoms with van der Waals surface area (Å²) in [6.45, 7) is 1.86. The number of nitrogens with zero attached hydrogens (tertiary/aromatic N) is 3. The molecular weight excluding hydrogens is 438 g/mol. The highest BCUT2D eigenvalue weighted by Gasteiger charge is 2.31. The molecular formula is C25H25N3O4S. The fraction of sp³-hybridized carbons (Fsp3) is 0.240. The zero-order valence-electron chi connectivity index (χ0n) is 18.3. The highest BCUT2D eigenvalue weighted by molar-refractivity contribution is 7.88. The third kappa shape index (κ3) is 4.44. The number of benzene rings is 3. The van der Waals surface area contributed by atoms with Gasteiger partial charge in [-0.15, -0.1) is 0 Å². The van der Waals surface area contributed by atoms with Gasteiger partial charge in [-0.1, -0.05) is 42.5 Å². The van der Waals surface area contributed by atoms with Crippen molar-refractivity contribution in [3.05, 3.63) is 83.9 Å². The monoisotopic (exact) mass is 463 g/mol. The summed E-state index contributed by atoms with van der Waals surface area (Å²) >= 11 is 0. The molecule has 2 aliphatic rings. The van der Waals surface area contributed by atoms with Gasteiger partial charge in [0.1, 0.15) is 23.0 Å². The molecule has 3 aromatic carbocycles. The molecule has 1 fully saturated rings. The van der Waals surface area contributed by atoms with Gasteiger partial charge in [-0.2, -0.15) is 4.31 Å². The minimum Gasteiger partial charge on any atom is -0.497 e. The van der Waals surface area contributed by atoms with Crippen molar-refractivity contribution in [3.8, 4) is 17.2 Å². The maximum Gasteiger partial charge on any atom is 0.218 e. The van der Waals surface area contributed by atoms with E-state index in [0.29, 0.717) is 43.4 Å². The summed E-state index contributed by atoms with van der Waals surface area (Å²) in [7, 11) is -1.77. The molecule has 7 nitrogen and oxygen atoms in total.